The fraction of sp³-hybridized carbons (Fsp3) is 0.160. The summed E-state index contributed by atoms with van der Waals surface area (Å²) in [6.45, 7) is 2.75. The van der Waals surface area contributed by atoms with E-state index < -0.39 is 0 Å². The van der Waals surface area contributed by atoms with Gasteiger partial charge in [-0.05, 0) is 30.2 Å². The lowest BCUT2D eigenvalue weighted by Gasteiger charge is -2.26. The van der Waals surface area contributed by atoms with Crippen LogP contribution in [0.25, 0.3) is 10.9 Å². The predicted octanol–water partition coefficient (Wildman–Crippen LogP) is 5.23. The van der Waals surface area contributed by atoms with Crippen LogP contribution in [0.2, 0.25) is 0 Å². The molecule has 3 nitrogen and oxygen atoms in total. The number of hydrogen-bond acceptors (Lipinski definition) is 1. The SMILES string of the molecule is Cc1c(C2c3ccccc3C(=O)N2Cc2ccccc2)c2ccccc2n1C. The molecule has 5 rings (SSSR count). The molecule has 0 bridgehead atoms. The summed E-state index contributed by atoms with van der Waals surface area (Å²) in [4.78, 5) is 15.4. The number of carbonyl (C=O) groups excluding carboxylic acids is 1. The van der Waals surface area contributed by atoms with Gasteiger partial charge in [0.1, 0.15) is 0 Å². The zero-order chi connectivity index (χ0) is 19.3. The molecule has 0 radical (unpaired) electrons. The Labute approximate surface area is 164 Å². The van der Waals surface area contributed by atoms with Crippen LogP contribution in [0.5, 0.6) is 0 Å². The predicted molar refractivity (Wildman–Crippen MR) is 112 cm³/mol. The molecule has 3 aromatic carbocycles. The van der Waals surface area contributed by atoms with E-state index in [1.807, 2.05) is 41.3 Å². The molecule has 0 saturated heterocycles. The molecule has 0 spiro atoms. The van der Waals surface area contributed by atoms with E-state index in [0.717, 1.165) is 16.7 Å². The first-order chi connectivity index (χ1) is 13.7. The normalized spacial score (nSPS) is 16.0. The molecule has 3 heteroatoms. The van der Waals surface area contributed by atoms with Gasteiger partial charge in [0.05, 0.1) is 6.04 Å². The Morgan fingerprint density at radius 1 is 0.857 bits per heavy atom. The van der Waals surface area contributed by atoms with Crippen molar-refractivity contribution in [3.05, 3.63) is 107 Å². The van der Waals surface area contributed by atoms with Gasteiger partial charge in [0.25, 0.3) is 5.91 Å². The Morgan fingerprint density at radius 3 is 2.36 bits per heavy atom. The molecule has 0 fully saturated rings. The molecule has 1 atom stereocenters. The van der Waals surface area contributed by atoms with Crippen LogP contribution in [0.1, 0.15) is 38.8 Å². The van der Waals surface area contributed by atoms with Gasteiger partial charge in [-0.25, -0.2) is 0 Å². The van der Waals surface area contributed by atoms with E-state index in [1.54, 1.807) is 0 Å². The largest absolute Gasteiger partial charge is 0.348 e. The Kier molecular flexibility index (Phi) is 3.83. The number of para-hydroxylation sites is 1. The maximum atomic E-state index is 13.4. The summed E-state index contributed by atoms with van der Waals surface area (Å²) in [6, 6.07) is 26.7. The highest BCUT2D eigenvalue weighted by Crippen LogP contribution is 2.43. The fourth-order valence-electron chi connectivity index (χ4n) is 4.52. The number of benzene rings is 3. The van der Waals surface area contributed by atoms with Gasteiger partial charge < -0.3 is 9.47 Å². The third-order valence-electron chi connectivity index (χ3n) is 5.98. The summed E-state index contributed by atoms with van der Waals surface area (Å²) < 4.78 is 2.23. The van der Waals surface area contributed by atoms with Gasteiger partial charge in [-0.1, -0.05) is 66.7 Å². The summed E-state index contributed by atoms with van der Waals surface area (Å²) in [6.07, 6.45) is 0. The summed E-state index contributed by atoms with van der Waals surface area (Å²) in [5, 5.41) is 1.22. The molecule has 1 aliphatic rings. The van der Waals surface area contributed by atoms with Gasteiger partial charge in [-0.2, -0.15) is 0 Å². The summed E-state index contributed by atoms with van der Waals surface area (Å²) >= 11 is 0. The van der Waals surface area contributed by atoms with E-state index in [9.17, 15) is 4.79 Å². The lowest BCUT2D eigenvalue weighted by atomic mass is 9.95. The summed E-state index contributed by atoms with van der Waals surface area (Å²) in [5.41, 5.74) is 6.69. The van der Waals surface area contributed by atoms with Crippen molar-refractivity contribution < 1.29 is 4.79 Å². The van der Waals surface area contributed by atoms with Crippen LogP contribution in [0.15, 0.2) is 78.9 Å². The lowest BCUT2D eigenvalue weighted by Crippen LogP contribution is -2.28. The van der Waals surface area contributed by atoms with E-state index in [4.69, 9.17) is 0 Å². The second-order valence-electron chi connectivity index (χ2n) is 7.48. The molecule has 1 aliphatic heterocycles. The van der Waals surface area contributed by atoms with Crippen molar-refractivity contribution in [3.63, 3.8) is 0 Å². The monoisotopic (exact) mass is 366 g/mol. The number of aromatic nitrogens is 1. The number of nitrogens with zero attached hydrogens (tertiary/aromatic N) is 2. The zero-order valence-corrected chi connectivity index (χ0v) is 16.1. The Balaban J connectivity index is 1.73. The van der Waals surface area contributed by atoms with Crippen molar-refractivity contribution in [2.45, 2.75) is 19.5 Å². The van der Waals surface area contributed by atoms with Crippen LogP contribution in [0.3, 0.4) is 0 Å². The molecule has 1 amide bonds. The lowest BCUT2D eigenvalue weighted by molar-refractivity contribution is 0.0736. The van der Waals surface area contributed by atoms with Crippen molar-refractivity contribution in [3.8, 4) is 0 Å². The van der Waals surface area contributed by atoms with Gasteiger partial charge >= 0.3 is 0 Å². The quantitative estimate of drug-likeness (QED) is 0.487. The standard InChI is InChI=1S/C25H22N2O/c1-17-23(21-14-8-9-15-22(21)26(17)2)24-19-12-6-7-13-20(19)25(28)27(24)16-18-10-4-3-5-11-18/h3-15,24H,16H2,1-2H3. The number of hydrogen-bond donors (Lipinski definition) is 0. The molecular weight excluding hydrogens is 344 g/mol. The van der Waals surface area contributed by atoms with Crippen LogP contribution < -0.4 is 0 Å². The van der Waals surface area contributed by atoms with Crippen LogP contribution in [-0.4, -0.2) is 15.4 Å². The Morgan fingerprint density at radius 2 is 1.54 bits per heavy atom. The third-order valence-corrected chi connectivity index (χ3v) is 5.98. The molecule has 1 aromatic heterocycles. The fourth-order valence-corrected chi connectivity index (χ4v) is 4.52. The van der Waals surface area contributed by atoms with Crippen molar-refractivity contribution in [1.29, 1.82) is 0 Å². The first-order valence-corrected chi connectivity index (χ1v) is 9.64. The van der Waals surface area contributed by atoms with Gasteiger partial charge in [0, 0.05) is 41.3 Å². The molecule has 4 aromatic rings. The van der Waals surface area contributed by atoms with Crippen LogP contribution in [-0.2, 0) is 13.6 Å². The van der Waals surface area contributed by atoms with E-state index in [1.165, 1.54) is 22.2 Å². The van der Waals surface area contributed by atoms with Crippen LogP contribution in [0, 0.1) is 6.92 Å². The average molecular weight is 366 g/mol. The molecule has 138 valence electrons. The van der Waals surface area contributed by atoms with E-state index in [-0.39, 0.29) is 11.9 Å². The third kappa shape index (κ3) is 2.40. The molecule has 0 aliphatic carbocycles. The van der Waals surface area contributed by atoms with Crippen molar-refractivity contribution in [1.82, 2.24) is 9.47 Å². The molecule has 1 unspecified atom stereocenters. The van der Waals surface area contributed by atoms with Crippen molar-refractivity contribution >= 4 is 16.8 Å². The second kappa shape index (κ2) is 6.38. The van der Waals surface area contributed by atoms with E-state index in [0.29, 0.717) is 6.54 Å². The van der Waals surface area contributed by atoms with Crippen molar-refractivity contribution in [2.75, 3.05) is 0 Å². The number of fused-ring (bicyclic) bond motifs is 2. The minimum Gasteiger partial charge on any atom is -0.348 e. The molecule has 0 N–H and O–H groups in total. The second-order valence-corrected chi connectivity index (χ2v) is 7.48. The van der Waals surface area contributed by atoms with E-state index >= 15 is 0 Å². The molecule has 28 heavy (non-hydrogen) atoms. The molecule has 0 saturated carbocycles. The van der Waals surface area contributed by atoms with Crippen LogP contribution in [0.4, 0.5) is 0 Å². The first-order valence-electron chi connectivity index (χ1n) is 9.64. The summed E-state index contributed by atoms with van der Waals surface area (Å²) in [5.74, 6) is 0.108. The average Bonchev–Trinajstić information content (AvgIpc) is 3.15. The smallest absolute Gasteiger partial charge is 0.255 e. The zero-order valence-electron chi connectivity index (χ0n) is 16.1. The Hall–Kier alpha value is -3.33. The summed E-state index contributed by atoms with van der Waals surface area (Å²) in [7, 11) is 2.10. The topological polar surface area (TPSA) is 25.2 Å². The number of aryl methyl sites for hydroxylation is 1. The van der Waals surface area contributed by atoms with Gasteiger partial charge in [-0.15, -0.1) is 0 Å². The van der Waals surface area contributed by atoms with E-state index in [2.05, 4.69) is 61.0 Å². The first kappa shape index (κ1) is 16.8. The van der Waals surface area contributed by atoms with Gasteiger partial charge in [0.2, 0.25) is 0 Å². The minimum absolute atomic E-state index is 0.0741. The number of amides is 1. The Bertz CT molecular complexity index is 1190. The highest BCUT2D eigenvalue weighted by molar-refractivity contribution is 6.01. The highest BCUT2D eigenvalue weighted by atomic mass is 16.2. The maximum Gasteiger partial charge on any atom is 0.255 e. The highest BCUT2D eigenvalue weighted by Gasteiger charge is 2.39. The minimum atomic E-state index is -0.0741. The number of carbonyl (C=O) groups is 1. The maximum absolute atomic E-state index is 13.4. The van der Waals surface area contributed by atoms with Gasteiger partial charge in [0.15, 0.2) is 0 Å². The van der Waals surface area contributed by atoms with Gasteiger partial charge in [-0.3, -0.25) is 4.79 Å². The van der Waals surface area contributed by atoms with Crippen molar-refractivity contribution in [2.24, 2.45) is 7.05 Å². The van der Waals surface area contributed by atoms with Crippen LogP contribution >= 0.6 is 0 Å². The molecular formula is C25H22N2O. The number of rotatable bonds is 3. The molecule has 2 heterocycles.